The summed E-state index contributed by atoms with van der Waals surface area (Å²) >= 11 is 0. The van der Waals surface area contributed by atoms with E-state index < -0.39 is 11.2 Å². The summed E-state index contributed by atoms with van der Waals surface area (Å²) < 4.78 is 23.5. The maximum absolute atomic E-state index is 11.9. The van der Waals surface area contributed by atoms with E-state index in [1.807, 2.05) is 39.0 Å². The predicted octanol–water partition coefficient (Wildman–Crippen LogP) is 4.24. The van der Waals surface area contributed by atoms with Crippen molar-refractivity contribution >= 4 is 5.97 Å². The number of carbonyl (C=O) groups excluding carboxylic acids is 1. The second kappa shape index (κ2) is 8.72. The van der Waals surface area contributed by atoms with Crippen LogP contribution in [0.1, 0.15) is 58.4 Å². The molecule has 1 spiro atoms. The fraction of sp³-hybridized carbons (Fsp3) is 0.682. The van der Waals surface area contributed by atoms with Crippen molar-refractivity contribution < 1.29 is 23.7 Å². The van der Waals surface area contributed by atoms with Crippen LogP contribution in [0.4, 0.5) is 0 Å². The Labute approximate surface area is 162 Å². The average molecular weight is 376 g/mol. The Balaban J connectivity index is 1.34. The van der Waals surface area contributed by atoms with Gasteiger partial charge in [-0.25, -0.2) is 0 Å². The summed E-state index contributed by atoms with van der Waals surface area (Å²) in [5.74, 6) is -0.670. The topological polar surface area (TPSA) is 54.0 Å². The van der Waals surface area contributed by atoms with Gasteiger partial charge in [0.2, 0.25) is 0 Å². The Morgan fingerprint density at radius 3 is 2.48 bits per heavy atom. The van der Waals surface area contributed by atoms with Crippen LogP contribution in [0.5, 0.6) is 0 Å². The van der Waals surface area contributed by atoms with Crippen LogP contribution in [0.25, 0.3) is 0 Å². The SMILES string of the molecule is CC(C)(C)C(=O)OC[C@@H]1CCC2(CC[C@H](CCOCc3ccccc3)O2)O1. The maximum Gasteiger partial charge on any atom is 0.311 e. The smallest absolute Gasteiger partial charge is 0.311 e. The van der Waals surface area contributed by atoms with Gasteiger partial charge in [0.15, 0.2) is 5.79 Å². The van der Waals surface area contributed by atoms with Crippen LogP contribution in [0.15, 0.2) is 30.3 Å². The molecule has 0 radical (unpaired) electrons. The average Bonchev–Trinajstić information content (AvgIpc) is 3.23. The molecule has 1 unspecified atom stereocenters. The molecule has 27 heavy (non-hydrogen) atoms. The molecule has 0 N–H and O–H groups in total. The van der Waals surface area contributed by atoms with Crippen LogP contribution in [0.2, 0.25) is 0 Å². The lowest BCUT2D eigenvalue weighted by molar-refractivity contribution is -0.224. The number of hydrogen-bond acceptors (Lipinski definition) is 5. The Morgan fingerprint density at radius 1 is 1.11 bits per heavy atom. The first-order valence-corrected chi connectivity index (χ1v) is 10.0. The van der Waals surface area contributed by atoms with Crippen LogP contribution in [0.3, 0.4) is 0 Å². The number of carbonyl (C=O) groups is 1. The van der Waals surface area contributed by atoms with E-state index in [0.717, 1.165) is 32.1 Å². The molecule has 2 aliphatic rings. The first-order valence-electron chi connectivity index (χ1n) is 10.0. The Bertz CT molecular complexity index is 609. The molecule has 3 atom stereocenters. The van der Waals surface area contributed by atoms with Crippen LogP contribution in [0, 0.1) is 5.41 Å². The van der Waals surface area contributed by atoms with E-state index in [2.05, 4.69) is 12.1 Å². The minimum atomic E-state index is -0.483. The number of ether oxygens (including phenoxy) is 4. The van der Waals surface area contributed by atoms with Gasteiger partial charge in [-0.2, -0.15) is 0 Å². The molecule has 0 aliphatic carbocycles. The molecule has 0 amide bonds. The molecule has 2 heterocycles. The number of hydrogen-bond donors (Lipinski definition) is 0. The van der Waals surface area contributed by atoms with Gasteiger partial charge in [-0.1, -0.05) is 30.3 Å². The van der Waals surface area contributed by atoms with Gasteiger partial charge in [0.05, 0.1) is 24.2 Å². The third kappa shape index (κ3) is 5.77. The summed E-state index contributed by atoms with van der Waals surface area (Å²) in [5.41, 5.74) is 0.707. The second-order valence-corrected chi connectivity index (χ2v) is 8.64. The van der Waals surface area contributed by atoms with E-state index >= 15 is 0 Å². The number of benzene rings is 1. The van der Waals surface area contributed by atoms with Crippen molar-refractivity contribution in [3.63, 3.8) is 0 Å². The molecule has 150 valence electrons. The minimum absolute atomic E-state index is 0.0654. The highest BCUT2D eigenvalue weighted by Crippen LogP contribution is 2.42. The van der Waals surface area contributed by atoms with E-state index in [9.17, 15) is 4.79 Å². The molecule has 0 saturated carbocycles. The summed E-state index contributed by atoms with van der Waals surface area (Å²) in [7, 11) is 0. The Hall–Kier alpha value is -1.43. The highest BCUT2D eigenvalue weighted by Gasteiger charge is 2.47. The molecule has 0 aromatic heterocycles. The highest BCUT2D eigenvalue weighted by molar-refractivity contribution is 5.75. The molecule has 2 aliphatic heterocycles. The summed E-state index contributed by atoms with van der Waals surface area (Å²) in [4.78, 5) is 11.9. The van der Waals surface area contributed by atoms with Crippen molar-refractivity contribution in [2.75, 3.05) is 13.2 Å². The lowest BCUT2D eigenvalue weighted by Gasteiger charge is -2.25. The van der Waals surface area contributed by atoms with Gasteiger partial charge in [-0.15, -0.1) is 0 Å². The Kier molecular flexibility index (Phi) is 6.56. The number of rotatable bonds is 7. The summed E-state index contributed by atoms with van der Waals surface area (Å²) in [6, 6.07) is 10.2. The van der Waals surface area contributed by atoms with Gasteiger partial charge in [0, 0.05) is 19.4 Å². The van der Waals surface area contributed by atoms with Gasteiger partial charge in [-0.3, -0.25) is 4.79 Å². The molecule has 5 heteroatoms. The minimum Gasteiger partial charge on any atom is -0.463 e. The molecule has 2 fully saturated rings. The highest BCUT2D eigenvalue weighted by atomic mass is 16.7. The zero-order valence-corrected chi connectivity index (χ0v) is 16.7. The molecule has 0 bridgehead atoms. The third-order valence-corrected chi connectivity index (χ3v) is 5.17. The van der Waals surface area contributed by atoms with Gasteiger partial charge in [0.25, 0.3) is 0 Å². The predicted molar refractivity (Wildman–Crippen MR) is 102 cm³/mol. The maximum atomic E-state index is 11.9. The van der Waals surface area contributed by atoms with Crippen molar-refractivity contribution in [2.24, 2.45) is 5.41 Å². The normalized spacial score (nSPS) is 28.0. The monoisotopic (exact) mass is 376 g/mol. The van der Waals surface area contributed by atoms with Crippen molar-refractivity contribution in [3.8, 4) is 0 Å². The summed E-state index contributed by atoms with van der Waals surface area (Å²) in [6.45, 7) is 7.20. The van der Waals surface area contributed by atoms with E-state index in [-0.39, 0.29) is 18.2 Å². The molecule has 1 aromatic carbocycles. The van der Waals surface area contributed by atoms with Gasteiger partial charge in [0.1, 0.15) is 6.61 Å². The van der Waals surface area contributed by atoms with Crippen molar-refractivity contribution in [1.82, 2.24) is 0 Å². The first-order chi connectivity index (χ1) is 12.9. The zero-order valence-electron chi connectivity index (χ0n) is 16.7. The van der Waals surface area contributed by atoms with Gasteiger partial charge in [-0.05, 0) is 45.6 Å². The van der Waals surface area contributed by atoms with E-state index in [4.69, 9.17) is 18.9 Å². The van der Waals surface area contributed by atoms with Crippen molar-refractivity contribution in [2.45, 2.75) is 77.5 Å². The van der Waals surface area contributed by atoms with Gasteiger partial charge < -0.3 is 18.9 Å². The Morgan fingerprint density at radius 2 is 1.78 bits per heavy atom. The third-order valence-electron chi connectivity index (χ3n) is 5.17. The summed E-state index contributed by atoms with van der Waals surface area (Å²) in [6.07, 6.45) is 4.62. The number of esters is 1. The fourth-order valence-corrected chi connectivity index (χ4v) is 3.56. The first kappa shape index (κ1) is 20.3. The van der Waals surface area contributed by atoms with Crippen molar-refractivity contribution in [3.05, 3.63) is 35.9 Å². The standard InChI is InChI=1S/C22H32O5/c1-21(2,3)20(23)25-16-19-10-13-22(27-19)12-9-18(26-22)11-14-24-15-17-7-5-4-6-8-17/h4-8,18-19H,9-16H2,1-3H3/t18-,19+,22?/m1/s1. The summed E-state index contributed by atoms with van der Waals surface area (Å²) in [5, 5.41) is 0. The van der Waals surface area contributed by atoms with Crippen LogP contribution < -0.4 is 0 Å². The second-order valence-electron chi connectivity index (χ2n) is 8.64. The largest absolute Gasteiger partial charge is 0.463 e. The molecule has 5 nitrogen and oxygen atoms in total. The van der Waals surface area contributed by atoms with E-state index in [1.54, 1.807) is 0 Å². The quantitative estimate of drug-likeness (QED) is 0.526. The van der Waals surface area contributed by atoms with Crippen LogP contribution in [-0.2, 0) is 30.3 Å². The van der Waals surface area contributed by atoms with E-state index in [1.165, 1.54) is 5.56 Å². The van der Waals surface area contributed by atoms with E-state index in [0.29, 0.717) is 19.8 Å². The zero-order chi connectivity index (χ0) is 19.3. The lowest BCUT2D eigenvalue weighted by atomic mass is 9.97. The molecule has 2 saturated heterocycles. The van der Waals surface area contributed by atoms with Crippen LogP contribution >= 0.6 is 0 Å². The molecule has 3 rings (SSSR count). The van der Waals surface area contributed by atoms with Crippen LogP contribution in [-0.4, -0.2) is 37.2 Å². The lowest BCUT2D eigenvalue weighted by Crippen LogP contribution is -2.32. The van der Waals surface area contributed by atoms with Gasteiger partial charge >= 0.3 is 5.97 Å². The molecule has 1 aromatic rings. The van der Waals surface area contributed by atoms with Crippen molar-refractivity contribution in [1.29, 1.82) is 0 Å². The fourth-order valence-electron chi connectivity index (χ4n) is 3.56. The molecular weight excluding hydrogens is 344 g/mol. The molecular formula is C22H32O5.